The Bertz CT molecular complexity index is 1010. The number of hydrogen-bond donors (Lipinski definition) is 1. The smallest absolute Gasteiger partial charge is 0.284 e. The lowest BCUT2D eigenvalue weighted by molar-refractivity contribution is -0.163. The molecule has 0 radical (unpaired) electrons. The molecule has 7 heteroatoms. The van der Waals surface area contributed by atoms with E-state index >= 15 is 0 Å². The molecule has 0 bridgehead atoms. The zero-order valence-electron chi connectivity index (χ0n) is 15.9. The molecule has 1 saturated heterocycles. The van der Waals surface area contributed by atoms with Crippen LogP contribution >= 0.6 is 11.8 Å². The van der Waals surface area contributed by atoms with E-state index in [2.05, 4.69) is 4.99 Å². The highest BCUT2D eigenvalue weighted by molar-refractivity contribution is 8.18. The van der Waals surface area contributed by atoms with Gasteiger partial charge < -0.3 is 9.84 Å². The minimum Gasteiger partial charge on any atom is -0.506 e. The van der Waals surface area contributed by atoms with Gasteiger partial charge in [0, 0.05) is 5.56 Å². The van der Waals surface area contributed by atoms with E-state index in [1.807, 2.05) is 54.6 Å². The zero-order valence-corrected chi connectivity index (χ0v) is 16.7. The highest BCUT2D eigenvalue weighted by Crippen LogP contribution is 2.41. The molecule has 0 saturated carbocycles. The molecular weight excluding hydrogens is 388 g/mol. The summed E-state index contributed by atoms with van der Waals surface area (Å²) in [4.78, 5) is 23.6. The molecule has 2 aromatic rings. The van der Waals surface area contributed by atoms with Gasteiger partial charge >= 0.3 is 0 Å². The van der Waals surface area contributed by atoms with Crippen molar-refractivity contribution in [3.8, 4) is 5.75 Å². The third-order valence-corrected chi connectivity index (χ3v) is 5.52. The first-order chi connectivity index (χ1) is 14.2. The summed E-state index contributed by atoms with van der Waals surface area (Å²) >= 11 is 1.25. The van der Waals surface area contributed by atoms with Crippen molar-refractivity contribution in [2.45, 2.75) is 6.42 Å². The number of ether oxygens (including phenoxy) is 1. The van der Waals surface area contributed by atoms with E-state index in [1.54, 1.807) is 13.2 Å². The second-order valence-electron chi connectivity index (χ2n) is 6.42. The van der Waals surface area contributed by atoms with Crippen molar-refractivity contribution >= 4 is 34.5 Å². The Morgan fingerprint density at radius 2 is 1.97 bits per heavy atom. The molecule has 29 heavy (non-hydrogen) atoms. The number of carbonyl (C=O) groups excluding carboxylic acids is 1. The summed E-state index contributed by atoms with van der Waals surface area (Å²) in [7, 11) is 1.59. The van der Waals surface area contributed by atoms with Gasteiger partial charge in [-0.2, -0.15) is 0 Å². The average Bonchev–Trinajstić information content (AvgIpc) is 3.38. The second kappa shape index (κ2) is 8.55. The molecule has 0 atom stereocenters. The highest BCUT2D eigenvalue weighted by Gasteiger charge is 2.36. The largest absolute Gasteiger partial charge is 0.506 e. The molecule has 148 valence electrons. The fraction of sp³-hybridized carbons (Fsp3) is 0.182. The number of hydrogen-bond acceptors (Lipinski definition) is 6. The number of thioether (sulfide) groups is 1. The predicted octanol–water partition coefficient (Wildman–Crippen LogP) is 4.49. The summed E-state index contributed by atoms with van der Waals surface area (Å²) in [5, 5.41) is 12.6. The number of nitrogens with zero attached hydrogens (tertiary/aromatic N) is 2. The first-order valence-corrected chi connectivity index (χ1v) is 10.0. The van der Waals surface area contributed by atoms with E-state index in [9.17, 15) is 9.90 Å². The molecule has 2 aromatic carbocycles. The second-order valence-corrected chi connectivity index (χ2v) is 7.45. The van der Waals surface area contributed by atoms with Crippen molar-refractivity contribution < 1.29 is 19.5 Å². The van der Waals surface area contributed by atoms with Crippen LogP contribution in [0.3, 0.4) is 0 Å². The number of para-hydroxylation sites is 2. The topological polar surface area (TPSA) is 71.4 Å². The maximum absolute atomic E-state index is 13.0. The lowest BCUT2D eigenvalue weighted by Gasteiger charge is -2.14. The Hall–Kier alpha value is -3.03. The third kappa shape index (κ3) is 4.06. The van der Waals surface area contributed by atoms with E-state index in [0.29, 0.717) is 34.5 Å². The van der Waals surface area contributed by atoms with Gasteiger partial charge in [-0.3, -0.25) is 9.63 Å². The summed E-state index contributed by atoms with van der Waals surface area (Å²) in [5.41, 5.74) is 1.66. The number of carbonyl (C=O) groups is 1. The van der Waals surface area contributed by atoms with Crippen molar-refractivity contribution in [3.05, 3.63) is 76.4 Å². The Morgan fingerprint density at radius 1 is 1.21 bits per heavy atom. The first-order valence-electron chi connectivity index (χ1n) is 9.22. The van der Waals surface area contributed by atoms with Crippen LogP contribution in [0.2, 0.25) is 0 Å². The minimum atomic E-state index is -0.384. The van der Waals surface area contributed by atoms with Gasteiger partial charge in [-0.05, 0) is 30.7 Å². The summed E-state index contributed by atoms with van der Waals surface area (Å²) in [6, 6.07) is 16.8. The molecule has 1 N–H and O–H groups in total. The van der Waals surface area contributed by atoms with E-state index in [-0.39, 0.29) is 17.2 Å². The predicted molar refractivity (Wildman–Crippen MR) is 114 cm³/mol. The molecule has 2 aliphatic heterocycles. The monoisotopic (exact) mass is 408 g/mol. The normalized spacial score (nSPS) is 19.4. The fourth-order valence-corrected chi connectivity index (χ4v) is 4.11. The number of amides is 1. The maximum Gasteiger partial charge on any atom is 0.284 e. The standard InChI is InChI=1S/C22H20N2O4S/c1-27-17-11-6-5-8-15(17)14-18-20(25)19(22(26)24-12-7-13-28-24)21(29-18)23-16-9-3-2-4-10-16/h2-6,8-11,14,25H,7,12-13H2,1H3/b18-14-,23-21?. The Kier molecular flexibility index (Phi) is 5.69. The van der Waals surface area contributed by atoms with Crippen LogP contribution in [-0.4, -0.2) is 41.4 Å². The maximum atomic E-state index is 13.0. The third-order valence-electron chi connectivity index (χ3n) is 4.50. The molecule has 0 spiro atoms. The Labute approximate surface area is 173 Å². The van der Waals surface area contributed by atoms with Crippen molar-refractivity contribution in [1.82, 2.24) is 5.06 Å². The summed E-state index contributed by atoms with van der Waals surface area (Å²) in [5.74, 6) is 0.194. The van der Waals surface area contributed by atoms with Crippen molar-refractivity contribution in [1.29, 1.82) is 0 Å². The molecule has 1 amide bonds. The first kappa shape index (κ1) is 19.3. The van der Waals surface area contributed by atoms with E-state index in [0.717, 1.165) is 12.0 Å². The number of benzene rings is 2. The molecule has 0 unspecified atom stereocenters. The molecule has 6 nitrogen and oxygen atoms in total. The molecule has 0 aromatic heterocycles. The van der Waals surface area contributed by atoms with Crippen LogP contribution in [-0.2, 0) is 9.63 Å². The Morgan fingerprint density at radius 3 is 2.69 bits per heavy atom. The van der Waals surface area contributed by atoms with E-state index in [1.165, 1.54) is 16.8 Å². The van der Waals surface area contributed by atoms with Gasteiger partial charge in [-0.25, -0.2) is 10.1 Å². The van der Waals surface area contributed by atoms with Gasteiger partial charge in [-0.1, -0.05) is 48.2 Å². The fourth-order valence-electron chi connectivity index (χ4n) is 3.08. The van der Waals surface area contributed by atoms with Crippen molar-refractivity contribution in [3.63, 3.8) is 0 Å². The number of aliphatic hydroxyl groups is 1. The lowest BCUT2D eigenvalue weighted by Crippen LogP contribution is -2.30. The van der Waals surface area contributed by atoms with Crippen molar-refractivity contribution in [2.24, 2.45) is 4.99 Å². The minimum absolute atomic E-state index is 0.101. The molecule has 0 aliphatic carbocycles. The number of hydroxylamine groups is 2. The molecule has 2 aliphatic rings. The lowest BCUT2D eigenvalue weighted by atomic mass is 10.1. The van der Waals surface area contributed by atoms with Crippen LogP contribution < -0.4 is 4.74 Å². The molecule has 1 fully saturated rings. The van der Waals surface area contributed by atoms with Crippen LogP contribution in [0.1, 0.15) is 12.0 Å². The SMILES string of the molecule is COc1ccccc1/C=C1\SC(=Nc2ccccc2)C(C(=O)N2CCCO2)=C1O. The highest BCUT2D eigenvalue weighted by atomic mass is 32.2. The van der Waals surface area contributed by atoms with Crippen LogP contribution in [0.15, 0.2) is 75.8 Å². The summed E-state index contributed by atoms with van der Waals surface area (Å²) < 4.78 is 5.39. The van der Waals surface area contributed by atoms with Gasteiger partial charge in [0.1, 0.15) is 22.1 Å². The zero-order chi connectivity index (χ0) is 20.2. The summed E-state index contributed by atoms with van der Waals surface area (Å²) in [6.45, 7) is 0.979. The molecule has 4 rings (SSSR count). The van der Waals surface area contributed by atoms with Gasteiger partial charge in [-0.15, -0.1) is 0 Å². The van der Waals surface area contributed by atoms with Gasteiger partial charge in [0.15, 0.2) is 0 Å². The van der Waals surface area contributed by atoms with Gasteiger partial charge in [0.2, 0.25) is 0 Å². The van der Waals surface area contributed by atoms with Gasteiger partial charge in [0.05, 0.1) is 30.9 Å². The Balaban J connectivity index is 1.77. The number of methoxy groups -OCH3 is 1. The summed E-state index contributed by atoms with van der Waals surface area (Å²) in [6.07, 6.45) is 2.56. The van der Waals surface area contributed by atoms with E-state index < -0.39 is 0 Å². The van der Waals surface area contributed by atoms with Crippen LogP contribution in [0.5, 0.6) is 5.75 Å². The van der Waals surface area contributed by atoms with Crippen LogP contribution in [0.4, 0.5) is 5.69 Å². The number of aliphatic imine (C=N–C) groups is 1. The number of aliphatic hydroxyl groups excluding tert-OH is 1. The molecule has 2 heterocycles. The number of rotatable bonds is 4. The van der Waals surface area contributed by atoms with Gasteiger partial charge in [0.25, 0.3) is 5.91 Å². The van der Waals surface area contributed by atoms with Crippen LogP contribution in [0, 0.1) is 0 Å². The quantitative estimate of drug-likeness (QED) is 0.807. The average molecular weight is 408 g/mol. The van der Waals surface area contributed by atoms with Crippen molar-refractivity contribution in [2.75, 3.05) is 20.3 Å². The van der Waals surface area contributed by atoms with Crippen LogP contribution in [0.25, 0.3) is 6.08 Å². The van der Waals surface area contributed by atoms with E-state index in [4.69, 9.17) is 9.57 Å². The molecular formula is C22H20N2O4S.